The fourth-order valence-corrected chi connectivity index (χ4v) is 4.85. The highest BCUT2D eigenvalue weighted by Crippen LogP contribution is 2.36. The van der Waals surface area contributed by atoms with Crippen LogP contribution in [0.5, 0.6) is 5.75 Å². The number of nitrogens with one attached hydrogen (secondary N) is 1. The number of carbonyl (C=O) groups is 2. The van der Waals surface area contributed by atoms with Crippen LogP contribution >= 0.6 is 11.6 Å². The van der Waals surface area contributed by atoms with E-state index in [2.05, 4.69) is 5.32 Å². The first-order valence-electron chi connectivity index (χ1n) is 12.0. The Labute approximate surface area is 220 Å². The number of methoxy groups -OCH3 is 1. The normalized spacial score (nSPS) is 16.9. The number of benzene rings is 3. The molecule has 1 aliphatic heterocycles. The van der Waals surface area contributed by atoms with Gasteiger partial charge in [-0.15, -0.1) is 0 Å². The predicted octanol–water partition coefficient (Wildman–Crippen LogP) is 5.26. The van der Waals surface area contributed by atoms with Crippen LogP contribution in [0.4, 0.5) is 5.69 Å². The average molecular weight is 515 g/mol. The molecule has 0 bridgehead atoms. The second kappa shape index (κ2) is 9.75. The van der Waals surface area contributed by atoms with Crippen molar-refractivity contribution in [1.82, 2.24) is 15.1 Å². The zero-order valence-electron chi connectivity index (χ0n) is 20.9. The SMILES string of the molecule is COc1ccccc1CNC(=O)C1(C)Cn2nc(-c3ccccc3)cc2C(=O)N1c1ccc(C)c(Cl)c1. The van der Waals surface area contributed by atoms with Gasteiger partial charge in [0.05, 0.1) is 19.3 Å². The van der Waals surface area contributed by atoms with Crippen molar-refractivity contribution in [2.45, 2.75) is 32.5 Å². The summed E-state index contributed by atoms with van der Waals surface area (Å²) in [6, 6.07) is 24.3. The van der Waals surface area contributed by atoms with E-state index >= 15 is 0 Å². The van der Waals surface area contributed by atoms with E-state index in [1.165, 1.54) is 4.90 Å². The topological polar surface area (TPSA) is 76.5 Å². The van der Waals surface area contributed by atoms with Gasteiger partial charge in [-0.05, 0) is 43.7 Å². The molecule has 5 rings (SSSR count). The Hall–Kier alpha value is -4.10. The van der Waals surface area contributed by atoms with Crippen molar-refractivity contribution in [3.05, 3.63) is 101 Å². The molecule has 1 unspecified atom stereocenters. The molecule has 1 aromatic heterocycles. The number of nitrogens with zero attached hydrogens (tertiary/aromatic N) is 3. The summed E-state index contributed by atoms with van der Waals surface area (Å²) in [4.78, 5) is 29.3. The van der Waals surface area contributed by atoms with E-state index in [9.17, 15) is 9.59 Å². The smallest absolute Gasteiger partial charge is 0.277 e. The van der Waals surface area contributed by atoms with Crippen LogP contribution in [0.2, 0.25) is 5.02 Å². The van der Waals surface area contributed by atoms with E-state index < -0.39 is 5.54 Å². The van der Waals surface area contributed by atoms with E-state index in [4.69, 9.17) is 21.4 Å². The predicted molar refractivity (Wildman–Crippen MR) is 144 cm³/mol. The van der Waals surface area contributed by atoms with Crippen molar-refractivity contribution in [3.8, 4) is 17.0 Å². The first-order valence-corrected chi connectivity index (χ1v) is 12.3. The van der Waals surface area contributed by atoms with E-state index in [0.717, 1.165) is 16.7 Å². The Morgan fingerprint density at radius 1 is 1.08 bits per heavy atom. The Kier molecular flexibility index (Phi) is 6.48. The van der Waals surface area contributed by atoms with E-state index in [0.29, 0.717) is 27.8 Å². The Morgan fingerprint density at radius 2 is 1.81 bits per heavy atom. The van der Waals surface area contributed by atoms with Crippen molar-refractivity contribution < 1.29 is 14.3 Å². The average Bonchev–Trinajstić information content (AvgIpc) is 3.34. The van der Waals surface area contributed by atoms with Crippen LogP contribution < -0.4 is 15.0 Å². The second-order valence-electron chi connectivity index (χ2n) is 9.28. The summed E-state index contributed by atoms with van der Waals surface area (Å²) in [6.45, 7) is 4.06. The third-order valence-electron chi connectivity index (χ3n) is 6.76. The zero-order valence-corrected chi connectivity index (χ0v) is 21.6. The quantitative estimate of drug-likeness (QED) is 0.381. The number of ether oxygens (including phenoxy) is 1. The molecule has 37 heavy (non-hydrogen) atoms. The summed E-state index contributed by atoms with van der Waals surface area (Å²) in [5, 5.41) is 8.23. The largest absolute Gasteiger partial charge is 0.496 e. The number of halogens is 1. The summed E-state index contributed by atoms with van der Waals surface area (Å²) in [5.74, 6) is 0.0402. The highest BCUT2D eigenvalue weighted by Gasteiger charge is 2.49. The molecule has 0 fully saturated rings. The molecule has 0 aliphatic carbocycles. The number of fused-ring (bicyclic) bond motifs is 1. The number of carbonyl (C=O) groups excluding carboxylic acids is 2. The summed E-state index contributed by atoms with van der Waals surface area (Å²) >= 11 is 6.44. The molecule has 1 aliphatic rings. The third kappa shape index (κ3) is 4.47. The highest BCUT2D eigenvalue weighted by atomic mass is 35.5. The Balaban J connectivity index is 1.55. The minimum absolute atomic E-state index is 0.171. The van der Waals surface area contributed by atoms with Gasteiger partial charge in [0.15, 0.2) is 0 Å². The number of hydrogen-bond acceptors (Lipinski definition) is 4. The van der Waals surface area contributed by atoms with Gasteiger partial charge in [0.1, 0.15) is 17.0 Å². The van der Waals surface area contributed by atoms with Crippen molar-refractivity contribution >= 4 is 29.1 Å². The van der Waals surface area contributed by atoms with Gasteiger partial charge in [0, 0.05) is 28.4 Å². The molecule has 0 spiro atoms. The van der Waals surface area contributed by atoms with Gasteiger partial charge in [-0.1, -0.05) is 66.2 Å². The summed E-state index contributed by atoms with van der Waals surface area (Å²) in [5.41, 5.74) is 2.96. The van der Waals surface area contributed by atoms with Crippen LogP contribution in [0.1, 0.15) is 28.5 Å². The van der Waals surface area contributed by atoms with Crippen LogP contribution in [0.15, 0.2) is 78.9 Å². The number of rotatable bonds is 6. The molecule has 1 N–H and O–H groups in total. The van der Waals surface area contributed by atoms with Crippen molar-refractivity contribution in [3.63, 3.8) is 0 Å². The minimum Gasteiger partial charge on any atom is -0.496 e. The lowest BCUT2D eigenvalue weighted by Gasteiger charge is -2.43. The molecule has 0 radical (unpaired) electrons. The van der Waals surface area contributed by atoms with Crippen LogP contribution in [0, 0.1) is 6.92 Å². The number of amides is 2. The monoisotopic (exact) mass is 514 g/mol. The van der Waals surface area contributed by atoms with Crippen LogP contribution in [-0.2, 0) is 17.9 Å². The highest BCUT2D eigenvalue weighted by molar-refractivity contribution is 6.31. The fraction of sp³-hybridized carbons (Fsp3) is 0.207. The zero-order chi connectivity index (χ0) is 26.2. The maximum Gasteiger partial charge on any atom is 0.277 e. The van der Waals surface area contributed by atoms with Crippen molar-refractivity contribution in [1.29, 1.82) is 0 Å². The third-order valence-corrected chi connectivity index (χ3v) is 7.16. The van der Waals surface area contributed by atoms with Gasteiger partial charge < -0.3 is 10.1 Å². The van der Waals surface area contributed by atoms with E-state index in [-0.39, 0.29) is 24.9 Å². The molecule has 2 amide bonds. The molecule has 0 saturated carbocycles. The Bertz CT molecular complexity index is 1480. The van der Waals surface area contributed by atoms with E-state index in [1.54, 1.807) is 30.8 Å². The molecular formula is C29H27ClN4O3. The molecule has 7 nitrogen and oxygen atoms in total. The van der Waals surface area contributed by atoms with Gasteiger partial charge in [-0.2, -0.15) is 5.10 Å². The lowest BCUT2D eigenvalue weighted by Crippen LogP contribution is -2.64. The van der Waals surface area contributed by atoms with Gasteiger partial charge in [0.2, 0.25) is 5.91 Å². The lowest BCUT2D eigenvalue weighted by molar-refractivity contribution is -0.126. The molecule has 8 heteroatoms. The number of para-hydroxylation sites is 1. The lowest BCUT2D eigenvalue weighted by atomic mass is 9.93. The van der Waals surface area contributed by atoms with Crippen LogP contribution in [0.25, 0.3) is 11.3 Å². The minimum atomic E-state index is -1.27. The number of hydrogen-bond donors (Lipinski definition) is 1. The molecule has 0 saturated heterocycles. The number of aryl methyl sites for hydroxylation is 1. The summed E-state index contributed by atoms with van der Waals surface area (Å²) < 4.78 is 7.05. The fourth-order valence-electron chi connectivity index (χ4n) is 4.67. The molecular weight excluding hydrogens is 488 g/mol. The van der Waals surface area contributed by atoms with Crippen molar-refractivity contribution in [2.75, 3.05) is 12.0 Å². The standard InChI is InChI=1S/C29H27ClN4O3/c1-19-13-14-22(15-23(19)30)34-27(35)25-16-24(20-9-5-4-6-10-20)32-33(25)18-29(34,2)28(36)31-17-21-11-7-8-12-26(21)37-3/h4-16H,17-18H2,1-3H3,(H,31,36). The molecule has 3 aromatic carbocycles. The van der Waals surface area contributed by atoms with Gasteiger partial charge in [0.25, 0.3) is 5.91 Å². The number of anilines is 1. The first-order chi connectivity index (χ1) is 17.8. The second-order valence-corrected chi connectivity index (χ2v) is 9.69. The van der Waals surface area contributed by atoms with Crippen molar-refractivity contribution in [2.24, 2.45) is 0 Å². The van der Waals surface area contributed by atoms with E-state index in [1.807, 2.05) is 73.7 Å². The number of aromatic nitrogens is 2. The van der Waals surface area contributed by atoms with Crippen LogP contribution in [0.3, 0.4) is 0 Å². The summed E-state index contributed by atoms with van der Waals surface area (Å²) in [6.07, 6.45) is 0. The molecule has 1 atom stereocenters. The summed E-state index contributed by atoms with van der Waals surface area (Å²) in [7, 11) is 1.59. The first kappa shape index (κ1) is 24.6. The van der Waals surface area contributed by atoms with Gasteiger partial charge in [-0.25, -0.2) is 0 Å². The van der Waals surface area contributed by atoms with Crippen LogP contribution in [-0.4, -0.2) is 34.2 Å². The Morgan fingerprint density at radius 3 is 2.54 bits per heavy atom. The van der Waals surface area contributed by atoms with Gasteiger partial charge >= 0.3 is 0 Å². The molecule has 4 aromatic rings. The molecule has 2 heterocycles. The maximum atomic E-state index is 14.0. The van der Waals surface area contributed by atoms with Gasteiger partial charge in [-0.3, -0.25) is 19.2 Å². The molecule has 188 valence electrons. The maximum absolute atomic E-state index is 14.0.